The lowest BCUT2D eigenvalue weighted by atomic mass is 10.1. The van der Waals surface area contributed by atoms with Gasteiger partial charge in [-0.1, -0.05) is 13.3 Å². The van der Waals surface area contributed by atoms with Crippen molar-refractivity contribution in [1.82, 2.24) is 0 Å². The minimum atomic E-state index is 0.194. The van der Waals surface area contributed by atoms with E-state index in [1.54, 1.807) is 0 Å². The summed E-state index contributed by atoms with van der Waals surface area (Å²) >= 11 is 0. The number of epoxide rings is 1. The van der Waals surface area contributed by atoms with Crippen LogP contribution in [0.2, 0.25) is 0 Å². The van der Waals surface area contributed by atoms with Crippen molar-refractivity contribution in [3.8, 4) is 11.8 Å². The zero-order chi connectivity index (χ0) is 8.86. The van der Waals surface area contributed by atoms with Gasteiger partial charge >= 0.3 is 0 Å². The molecule has 0 N–H and O–H groups in total. The molecule has 1 aliphatic rings. The van der Waals surface area contributed by atoms with Crippen LogP contribution in [0.4, 0.5) is 0 Å². The fourth-order valence-electron chi connectivity index (χ4n) is 1.04. The summed E-state index contributed by atoms with van der Waals surface area (Å²) in [7, 11) is 0. The van der Waals surface area contributed by atoms with Crippen molar-refractivity contribution in [3.63, 3.8) is 0 Å². The van der Waals surface area contributed by atoms with Crippen molar-refractivity contribution >= 4 is 0 Å². The Morgan fingerprint density at radius 2 is 2.00 bits per heavy atom. The minimum Gasteiger partial charge on any atom is -0.370 e. The first kappa shape index (κ1) is 9.61. The van der Waals surface area contributed by atoms with Gasteiger partial charge in [-0.3, -0.25) is 0 Å². The first-order chi connectivity index (χ1) is 5.77. The van der Waals surface area contributed by atoms with E-state index in [-0.39, 0.29) is 5.60 Å². The first-order valence-corrected chi connectivity index (χ1v) is 4.86. The van der Waals surface area contributed by atoms with Crippen LogP contribution in [0.25, 0.3) is 0 Å². The molecule has 0 aliphatic carbocycles. The molecule has 0 bridgehead atoms. The molecule has 68 valence electrons. The van der Waals surface area contributed by atoms with Gasteiger partial charge in [-0.15, -0.1) is 11.8 Å². The van der Waals surface area contributed by atoms with E-state index in [1.165, 1.54) is 12.8 Å². The maximum absolute atomic E-state index is 5.26. The molecular weight excluding hydrogens is 148 g/mol. The quantitative estimate of drug-likeness (QED) is 0.355. The summed E-state index contributed by atoms with van der Waals surface area (Å²) in [5, 5.41) is 0. The molecule has 1 heterocycles. The van der Waals surface area contributed by atoms with E-state index in [2.05, 4.69) is 25.7 Å². The van der Waals surface area contributed by atoms with Gasteiger partial charge in [0, 0.05) is 12.8 Å². The molecule has 1 saturated heterocycles. The third-order valence-electron chi connectivity index (χ3n) is 2.20. The Bertz CT molecular complexity index is 181. The molecule has 0 aromatic heterocycles. The lowest BCUT2D eigenvalue weighted by molar-refractivity contribution is 0.311. The fourth-order valence-corrected chi connectivity index (χ4v) is 1.04. The van der Waals surface area contributed by atoms with Crippen LogP contribution in [0.15, 0.2) is 0 Å². The van der Waals surface area contributed by atoms with Crippen LogP contribution in [0.1, 0.15) is 46.0 Å². The summed E-state index contributed by atoms with van der Waals surface area (Å²) in [5.41, 5.74) is 0.194. The number of ether oxygens (including phenoxy) is 1. The van der Waals surface area contributed by atoms with Gasteiger partial charge < -0.3 is 4.74 Å². The van der Waals surface area contributed by atoms with Gasteiger partial charge in [-0.2, -0.15) is 0 Å². The molecule has 1 nitrogen and oxygen atoms in total. The molecule has 0 aromatic carbocycles. The van der Waals surface area contributed by atoms with Crippen LogP contribution in [0.5, 0.6) is 0 Å². The van der Waals surface area contributed by atoms with Crippen LogP contribution in [0.3, 0.4) is 0 Å². The Kier molecular flexibility index (Phi) is 3.62. The Hall–Kier alpha value is -0.480. The number of unbranched alkanes of at least 4 members (excludes halogenated alkanes) is 2. The monoisotopic (exact) mass is 166 g/mol. The van der Waals surface area contributed by atoms with Crippen molar-refractivity contribution in [1.29, 1.82) is 0 Å². The third kappa shape index (κ3) is 3.78. The number of hydrogen-bond donors (Lipinski definition) is 0. The highest BCUT2D eigenvalue weighted by atomic mass is 16.6. The van der Waals surface area contributed by atoms with Crippen molar-refractivity contribution in [3.05, 3.63) is 0 Å². The standard InChI is InChI=1S/C11H18O/c1-3-4-5-6-7-8-9-11(2)10-12-11/h3-5,8-10H2,1-2H3/t11-/m0/s1. The Labute approximate surface area is 75.5 Å². The first-order valence-electron chi connectivity index (χ1n) is 4.86. The fraction of sp³-hybridized carbons (Fsp3) is 0.818. The molecule has 0 unspecified atom stereocenters. The van der Waals surface area contributed by atoms with Gasteiger partial charge in [0.25, 0.3) is 0 Å². The van der Waals surface area contributed by atoms with Crippen molar-refractivity contribution in [2.75, 3.05) is 6.61 Å². The van der Waals surface area contributed by atoms with Crippen LogP contribution in [-0.2, 0) is 4.74 Å². The van der Waals surface area contributed by atoms with Gasteiger partial charge in [-0.05, 0) is 19.8 Å². The molecule has 0 radical (unpaired) electrons. The van der Waals surface area contributed by atoms with E-state index in [0.717, 1.165) is 25.9 Å². The largest absolute Gasteiger partial charge is 0.370 e. The SMILES string of the molecule is CCCCC#CCC[C@@]1(C)CO1. The normalized spacial score (nSPS) is 26.2. The summed E-state index contributed by atoms with van der Waals surface area (Å²) in [6.45, 7) is 5.28. The second-order valence-corrected chi connectivity index (χ2v) is 3.70. The summed E-state index contributed by atoms with van der Waals surface area (Å²) in [5.74, 6) is 6.37. The maximum Gasteiger partial charge on any atom is 0.0897 e. The highest BCUT2D eigenvalue weighted by molar-refractivity contribution is 5.01. The van der Waals surface area contributed by atoms with Crippen molar-refractivity contribution in [2.24, 2.45) is 0 Å². The average molecular weight is 166 g/mol. The van der Waals surface area contributed by atoms with Crippen molar-refractivity contribution in [2.45, 2.75) is 51.6 Å². The van der Waals surface area contributed by atoms with E-state index in [0.29, 0.717) is 0 Å². The molecule has 12 heavy (non-hydrogen) atoms. The topological polar surface area (TPSA) is 12.5 Å². The van der Waals surface area contributed by atoms with Crippen molar-refractivity contribution < 1.29 is 4.74 Å². The Balaban J connectivity index is 1.96. The molecule has 1 atom stereocenters. The van der Waals surface area contributed by atoms with Gasteiger partial charge in [0.15, 0.2) is 0 Å². The molecule has 1 heteroatoms. The molecule has 1 rings (SSSR count). The summed E-state index contributed by atoms with van der Waals surface area (Å²) in [6, 6.07) is 0. The number of hydrogen-bond acceptors (Lipinski definition) is 1. The lowest BCUT2D eigenvalue weighted by Gasteiger charge is -1.97. The second kappa shape index (κ2) is 4.52. The maximum atomic E-state index is 5.26. The summed E-state index contributed by atoms with van der Waals surface area (Å²) < 4.78 is 5.26. The predicted octanol–water partition coefficient (Wildman–Crippen LogP) is 2.75. The van der Waals surface area contributed by atoms with E-state index < -0.39 is 0 Å². The molecule has 0 spiro atoms. The third-order valence-corrected chi connectivity index (χ3v) is 2.20. The van der Waals surface area contributed by atoms with Gasteiger partial charge in [0.05, 0.1) is 12.2 Å². The second-order valence-electron chi connectivity index (χ2n) is 3.70. The highest BCUT2D eigenvalue weighted by Gasteiger charge is 2.37. The zero-order valence-electron chi connectivity index (χ0n) is 8.15. The van der Waals surface area contributed by atoms with Crippen LogP contribution >= 0.6 is 0 Å². The van der Waals surface area contributed by atoms with E-state index in [9.17, 15) is 0 Å². The highest BCUT2D eigenvalue weighted by Crippen LogP contribution is 2.30. The predicted molar refractivity (Wildman–Crippen MR) is 50.9 cm³/mol. The van der Waals surface area contributed by atoms with Crippen LogP contribution < -0.4 is 0 Å². The van der Waals surface area contributed by atoms with Gasteiger partial charge in [0.2, 0.25) is 0 Å². The summed E-state index contributed by atoms with van der Waals surface area (Å²) in [4.78, 5) is 0. The smallest absolute Gasteiger partial charge is 0.0897 e. The lowest BCUT2D eigenvalue weighted by Crippen LogP contribution is -2.01. The molecule has 1 fully saturated rings. The molecular formula is C11H18O. The number of rotatable bonds is 4. The van der Waals surface area contributed by atoms with Crippen LogP contribution in [-0.4, -0.2) is 12.2 Å². The van der Waals surface area contributed by atoms with Crippen LogP contribution in [0, 0.1) is 11.8 Å². The molecule has 0 amide bonds. The van der Waals surface area contributed by atoms with E-state index in [1.807, 2.05) is 0 Å². The zero-order valence-corrected chi connectivity index (χ0v) is 8.15. The molecule has 0 aromatic rings. The molecule has 1 aliphatic heterocycles. The Morgan fingerprint density at radius 3 is 2.58 bits per heavy atom. The van der Waals surface area contributed by atoms with E-state index >= 15 is 0 Å². The average Bonchev–Trinajstić information content (AvgIpc) is 2.77. The summed E-state index contributed by atoms with van der Waals surface area (Å²) in [6.07, 6.45) is 5.65. The van der Waals surface area contributed by atoms with Gasteiger partial charge in [-0.25, -0.2) is 0 Å². The Morgan fingerprint density at radius 1 is 1.33 bits per heavy atom. The van der Waals surface area contributed by atoms with Gasteiger partial charge in [0.1, 0.15) is 0 Å². The molecule has 0 saturated carbocycles. The van der Waals surface area contributed by atoms with E-state index in [4.69, 9.17) is 4.74 Å². The minimum absolute atomic E-state index is 0.194.